The predicted octanol–water partition coefficient (Wildman–Crippen LogP) is 3.71. The number of aliphatic hydroxyl groups is 1. The van der Waals surface area contributed by atoms with Crippen molar-refractivity contribution in [1.29, 1.82) is 0 Å². The van der Waals surface area contributed by atoms with Gasteiger partial charge in [0.15, 0.2) is 0 Å². The van der Waals surface area contributed by atoms with E-state index in [1.54, 1.807) is 0 Å². The maximum atomic E-state index is 11.8. The van der Waals surface area contributed by atoms with Crippen molar-refractivity contribution in [1.82, 2.24) is 0 Å². The molecule has 0 aromatic rings. The van der Waals surface area contributed by atoms with Crippen molar-refractivity contribution in [2.45, 2.75) is 77.7 Å². The summed E-state index contributed by atoms with van der Waals surface area (Å²) in [5, 5.41) is 11.0. The second kappa shape index (κ2) is 4.07. The first-order valence-electron chi connectivity index (χ1n) is 8.02. The molecule has 4 atom stereocenters. The maximum Gasteiger partial charge on any atom is 0.135 e. The Labute approximate surface area is 117 Å². The minimum Gasteiger partial charge on any atom is -0.389 e. The van der Waals surface area contributed by atoms with Crippen LogP contribution in [0.5, 0.6) is 0 Å². The Morgan fingerprint density at radius 3 is 2.53 bits per heavy atom. The zero-order valence-electron chi connectivity index (χ0n) is 12.7. The molecule has 3 saturated carbocycles. The Bertz CT molecular complexity index is 400. The fraction of sp³-hybridized carbons (Fsp3) is 0.941. The number of fused-ring (bicyclic) bond motifs is 3. The molecule has 0 bridgehead atoms. The molecular formula is C17H28O2. The van der Waals surface area contributed by atoms with Crippen LogP contribution in [0.1, 0.15) is 72.1 Å². The molecule has 3 aliphatic rings. The highest BCUT2D eigenvalue weighted by Crippen LogP contribution is 2.64. The van der Waals surface area contributed by atoms with Crippen LogP contribution in [0.15, 0.2) is 0 Å². The summed E-state index contributed by atoms with van der Waals surface area (Å²) >= 11 is 0. The van der Waals surface area contributed by atoms with Crippen molar-refractivity contribution >= 4 is 5.78 Å². The van der Waals surface area contributed by atoms with E-state index in [0.29, 0.717) is 30.1 Å². The van der Waals surface area contributed by atoms with Crippen LogP contribution < -0.4 is 0 Å². The number of carbonyl (C=O) groups excluding carboxylic acids is 1. The first kappa shape index (κ1) is 13.6. The van der Waals surface area contributed by atoms with Gasteiger partial charge in [-0.15, -0.1) is 0 Å². The van der Waals surface area contributed by atoms with Gasteiger partial charge in [0, 0.05) is 12.8 Å². The second-order valence-electron chi connectivity index (χ2n) is 8.35. The van der Waals surface area contributed by atoms with Crippen molar-refractivity contribution in [2.75, 3.05) is 0 Å². The van der Waals surface area contributed by atoms with E-state index in [1.807, 2.05) is 0 Å². The Kier molecular flexibility index (Phi) is 2.91. The lowest BCUT2D eigenvalue weighted by molar-refractivity contribution is -0.190. The van der Waals surface area contributed by atoms with E-state index in [0.717, 1.165) is 19.3 Å². The molecule has 1 N–H and O–H groups in total. The van der Waals surface area contributed by atoms with Crippen LogP contribution in [0.2, 0.25) is 0 Å². The van der Waals surface area contributed by atoms with Gasteiger partial charge in [-0.05, 0) is 54.8 Å². The van der Waals surface area contributed by atoms with E-state index in [-0.39, 0.29) is 11.2 Å². The van der Waals surface area contributed by atoms with Gasteiger partial charge in [-0.2, -0.15) is 0 Å². The molecule has 0 aliphatic heterocycles. The van der Waals surface area contributed by atoms with Gasteiger partial charge in [0.1, 0.15) is 5.78 Å². The van der Waals surface area contributed by atoms with Crippen LogP contribution in [-0.4, -0.2) is 16.5 Å². The van der Waals surface area contributed by atoms with Gasteiger partial charge in [0.05, 0.1) is 5.60 Å². The van der Waals surface area contributed by atoms with E-state index in [1.165, 1.54) is 19.3 Å². The molecule has 3 aliphatic carbocycles. The van der Waals surface area contributed by atoms with Crippen LogP contribution in [0.4, 0.5) is 0 Å². The van der Waals surface area contributed by atoms with E-state index >= 15 is 0 Å². The average molecular weight is 264 g/mol. The standard InChI is InChI=1S/C17H28O2/c1-15(2)8-4-9-16(3)13(15)7-10-17(19)11-12(18)5-6-14(16)17/h13-14,19H,4-11H2,1-3H3/t13-,14+,16-,17+/m1/s1. The molecule has 0 amide bonds. The third kappa shape index (κ3) is 1.90. The lowest BCUT2D eigenvalue weighted by Gasteiger charge is -2.62. The van der Waals surface area contributed by atoms with Gasteiger partial charge >= 0.3 is 0 Å². The minimum absolute atomic E-state index is 0.245. The monoisotopic (exact) mass is 264 g/mol. The molecule has 0 aromatic carbocycles. The normalized spacial score (nSPS) is 49.4. The second-order valence-corrected chi connectivity index (χ2v) is 8.35. The smallest absolute Gasteiger partial charge is 0.135 e. The zero-order valence-corrected chi connectivity index (χ0v) is 12.7. The zero-order chi connectivity index (χ0) is 13.9. The summed E-state index contributed by atoms with van der Waals surface area (Å²) in [6.07, 6.45) is 7.80. The fourth-order valence-corrected chi connectivity index (χ4v) is 6.03. The van der Waals surface area contributed by atoms with Crippen LogP contribution in [0.25, 0.3) is 0 Å². The Hall–Kier alpha value is -0.370. The van der Waals surface area contributed by atoms with Crippen LogP contribution in [-0.2, 0) is 4.79 Å². The van der Waals surface area contributed by atoms with Crippen molar-refractivity contribution in [3.63, 3.8) is 0 Å². The van der Waals surface area contributed by atoms with Gasteiger partial charge < -0.3 is 5.11 Å². The molecule has 3 fully saturated rings. The topological polar surface area (TPSA) is 37.3 Å². The predicted molar refractivity (Wildman–Crippen MR) is 75.8 cm³/mol. The molecule has 2 heteroatoms. The largest absolute Gasteiger partial charge is 0.389 e. The van der Waals surface area contributed by atoms with Crippen molar-refractivity contribution < 1.29 is 9.90 Å². The summed E-state index contributed by atoms with van der Waals surface area (Å²) in [4.78, 5) is 11.8. The van der Waals surface area contributed by atoms with Crippen LogP contribution in [0.3, 0.4) is 0 Å². The van der Waals surface area contributed by atoms with Gasteiger partial charge in [-0.3, -0.25) is 4.79 Å². The van der Waals surface area contributed by atoms with Gasteiger partial charge in [-0.1, -0.05) is 27.2 Å². The van der Waals surface area contributed by atoms with E-state index in [9.17, 15) is 9.90 Å². The molecule has 0 spiro atoms. The molecule has 3 rings (SSSR count). The molecule has 0 unspecified atom stereocenters. The third-order valence-electron chi connectivity index (χ3n) is 6.80. The summed E-state index contributed by atoms with van der Waals surface area (Å²) in [5.41, 5.74) is -0.0424. The Morgan fingerprint density at radius 2 is 1.79 bits per heavy atom. The molecule has 0 aromatic heterocycles. The third-order valence-corrected chi connectivity index (χ3v) is 6.80. The average Bonchev–Trinajstić information content (AvgIpc) is 2.25. The maximum absolute atomic E-state index is 11.8. The van der Waals surface area contributed by atoms with E-state index in [2.05, 4.69) is 20.8 Å². The summed E-state index contributed by atoms with van der Waals surface area (Å²) in [6.45, 7) is 7.23. The molecular weight excluding hydrogens is 236 g/mol. The van der Waals surface area contributed by atoms with E-state index in [4.69, 9.17) is 0 Å². The van der Waals surface area contributed by atoms with Gasteiger partial charge in [0.25, 0.3) is 0 Å². The fourth-order valence-electron chi connectivity index (χ4n) is 6.03. The van der Waals surface area contributed by atoms with E-state index < -0.39 is 5.60 Å². The molecule has 0 saturated heterocycles. The number of hydrogen-bond acceptors (Lipinski definition) is 2. The molecule has 0 radical (unpaired) electrons. The molecule has 108 valence electrons. The lowest BCUT2D eigenvalue weighted by Crippen LogP contribution is -2.60. The SMILES string of the molecule is CC1(C)CCC[C@]2(C)[C@@H]1CC[C@]1(O)CC(=O)CC[C@H]12. The molecule has 0 heterocycles. The highest BCUT2D eigenvalue weighted by molar-refractivity contribution is 5.80. The first-order chi connectivity index (χ1) is 8.78. The first-order valence-corrected chi connectivity index (χ1v) is 8.02. The van der Waals surface area contributed by atoms with Gasteiger partial charge in [0.2, 0.25) is 0 Å². The Balaban J connectivity index is 1.97. The summed E-state index contributed by atoms with van der Waals surface area (Å²) in [6, 6.07) is 0. The van der Waals surface area contributed by atoms with Crippen LogP contribution in [0, 0.1) is 22.7 Å². The van der Waals surface area contributed by atoms with Crippen molar-refractivity contribution in [3.05, 3.63) is 0 Å². The van der Waals surface area contributed by atoms with Crippen molar-refractivity contribution in [3.8, 4) is 0 Å². The number of carbonyl (C=O) groups is 1. The van der Waals surface area contributed by atoms with Crippen molar-refractivity contribution in [2.24, 2.45) is 22.7 Å². The quantitative estimate of drug-likeness (QED) is 0.724. The highest BCUT2D eigenvalue weighted by Gasteiger charge is 2.60. The number of ketones is 1. The summed E-state index contributed by atoms with van der Waals surface area (Å²) in [7, 11) is 0. The highest BCUT2D eigenvalue weighted by atomic mass is 16.3. The van der Waals surface area contributed by atoms with Crippen LogP contribution >= 0.6 is 0 Å². The lowest BCUT2D eigenvalue weighted by atomic mass is 9.43. The number of Topliss-reactive ketones (excluding diaryl/α,β-unsaturated/α-hetero) is 1. The number of rotatable bonds is 0. The number of hydrogen-bond donors (Lipinski definition) is 1. The minimum atomic E-state index is -0.687. The summed E-state index contributed by atoms with van der Waals surface area (Å²) in [5.74, 6) is 1.33. The molecule has 2 nitrogen and oxygen atoms in total. The summed E-state index contributed by atoms with van der Waals surface area (Å²) < 4.78 is 0. The van der Waals surface area contributed by atoms with Gasteiger partial charge in [-0.25, -0.2) is 0 Å². The Morgan fingerprint density at radius 1 is 1.05 bits per heavy atom. The molecule has 19 heavy (non-hydrogen) atoms.